The van der Waals surface area contributed by atoms with Crippen molar-refractivity contribution >= 4 is 11.7 Å². The molecule has 0 saturated heterocycles. The van der Waals surface area contributed by atoms with Crippen LogP contribution < -0.4 is 10.5 Å². The zero-order chi connectivity index (χ0) is 12.8. The van der Waals surface area contributed by atoms with Crippen LogP contribution in [0.3, 0.4) is 0 Å². The highest BCUT2D eigenvalue weighted by molar-refractivity contribution is 5.94. The minimum Gasteiger partial charge on any atom is -0.490 e. The third kappa shape index (κ3) is 3.66. The summed E-state index contributed by atoms with van der Waals surface area (Å²) < 4.78 is 10.5. The molecule has 2 N–H and O–H groups in total. The molecular weight excluding hydrogens is 218 g/mol. The summed E-state index contributed by atoms with van der Waals surface area (Å²) in [6, 6.07) is 5.08. The normalized spacial score (nSPS) is 10.4. The Hall–Kier alpha value is -1.71. The molecule has 17 heavy (non-hydrogen) atoms. The average Bonchev–Trinajstić information content (AvgIpc) is 2.27. The average molecular weight is 237 g/mol. The van der Waals surface area contributed by atoms with E-state index in [-0.39, 0.29) is 0 Å². The summed E-state index contributed by atoms with van der Waals surface area (Å²) in [4.78, 5) is 11.7. The van der Waals surface area contributed by atoms with Gasteiger partial charge in [-0.2, -0.15) is 0 Å². The van der Waals surface area contributed by atoms with E-state index in [9.17, 15) is 4.79 Å². The number of hydrogen-bond acceptors (Lipinski definition) is 4. The molecule has 0 unspecified atom stereocenters. The quantitative estimate of drug-likeness (QED) is 0.631. The smallest absolute Gasteiger partial charge is 0.341 e. The number of hydrogen-bond donors (Lipinski definition) is 1. The topological polar surface area (TPSA) is 61.5 Å². The van der Waals surface area contributed by atoms with Crippen molar-refractivity contribution in [3.05, 3.63) is 23.8 Å². The summed E-state index contributed by atoms with van der Waals surface area (Å²) in [7, 11) is 0. The molecule has 0 aliphatic heterocycles. The van der Waals surface area contributed by atoms with Crippen LogP contribution in [0.1, 0.15) is 31.1 Å². The zero-order valence-electron chi connectivity index (χ0n) is 10.5. The van der Waals surface area contributed by atoms with Crippen molar-refractivity contribution in [1.82, 2.24) is 0 Å². The lowest BCUT2D eigenvalue weighted by molar-refractivity contribution is 0.0521. The minimum absolute atomic E-state index is 0.331. The molecular formula is C13H19NO3. The van der Waals surface area contributed by atoms with E-state index in [0.29, 0.717) is 36.1 Å². The second kappa shape index (κ2) is 6.13. The number of nitrogens with two attached hydrogens (primary N) is 1. The maximum Gasteiger partial charge on any atom is 0.341 e. The van der Waals surface area contributed by atoms with E-state index < -0.39 is 5.97 Å². The number of benzene rings is 1. The van der Waals surface area contributed by atoms with E-state index in [1.54, 1.807) is 25.1 Å². The Bertz CT molecular complexity index is 388. The second-order valence-corrected chi connectivity index (χ2v) is 4.15. The van der Waals surface area contributed by atoms with Gasteiger partial charge in [0.1, 0.15) is 5.56 Å². The van der Waals surface area contributed by atoms with Crippen LogP contribution in [0.2, 0.25) is 0 Å². The van der Waals surface area contributed by atoms with Crippen molar-refractivity contribution in [3.8, 4) is 5.75 Å². The molecule has 94 valence electrons. The minimum atomic E-state index is -0.404. The maximum absolute atomic E-state index is 11.7. The lowest BCUT2D eigenvalue weighted by Gasteiger charge is -2.14. The number of para-hydroxylation sites is 1. The summed E-state index contributed by atoms with van der Waals surface area (Å²) >= 11 is 0. The highest BCUT2D eigenvalue weighted by Crippen LogP contribution is 2.27. The van der Waals surface area contributed by atoms with Gasteiger partial charge in [0.15, 0.2) is 5.75 Å². The lowest BCUT2D eigenvalue weighted by atomic mass is 10.1. The Labute approximate surface area is 102 Å². The molecule has 0 aromatic heterocycles. The Kier molecular flexibility index (Phi) is 4.82. The molecule has 1 aromatic rings. The number of ether oxygens (including phenoxy) is 2. The first-order valence-electron chi connectivity index (χ1n) is 5.74. The zero-order valence-corrected chi connectivity index (χ0v) is 10.5. The highest BCUT2D eigenvalue weighted by atomic mass is 16.5. The van der Waals surface area contributed by atoms with E-state index in [1.807, 2.05) is 13.8 Å². The van der Waals surface area contributed by atoms with Gasteiger partial charge in [-0.15, -0.1) is 0 Å². The molecule has 1 aromatic carbocycles. The molecule has 1 rings (SSSR count). The monoisotopic (exact) mass is 237 g/mol. The van der Waals surface area contributed by atoms with E-state index in [0.717, 1.165) is 0 Å². The van der Waals surface area contributed by atoms with Gasteiger partial charge in [-0.25, -0.2) is 4.79 Å². The maximum atomic E-state index is 11.7. The summed E-state index contributed by atoms with van der Waals surface area (Å²) in [5.41, 5.74) is 6.65. The summed E-state index contributed by atoms with van der Waals surface area (Å²) in [6.07, 6.45) is 0. The Morgan fingerprint density at radius 3 is 2.71 bits per heavy atom. The molecule has 0 bridgehead atoms. The van der Waals surface area contributed by atoms with Crippen molar-refractivity contribution < 1.29 is 14.3 Å². The first kappa shape index (κ1) is 13.4. The van der Waals surface area contributed by atoms with Gasteiger partial charge in [0, 0.05) is 0 Å². The van der Waals surface area contributed by atoms with Gasteiger partial charge in [-0.3, -0.25) is 0 Å². The van der Waals surface area contributed by atoms with Crippen LogP contribution in [0.25, 0.3) is 0 Å². The van der Waals surface area contributed by atoms with Gasteiger partial charge < -0.3 is 15.2 Å². The molecule has 0 saturated carbocycles. The number of anilines is 1. The number of esters is 1. The molecule has 0 spiro atoms. The molecule has 0 fully saturated rings. The third-order valence-electron chi connectivity index (χ3n) is 2.10. The Balaban J connectivity index is 2.95. The first-order valence-corrected chi connectivity index (χ1v) is 5.74. The van der Waals surface area contributed by atoms with E-state index >= 15 is 0 Å². The van der Waals surface area contributed by atoms with Crippen LogP contribution >= 0.6 is 0 Å². The first-order chi connectivity index (χ1) is 8.06. The largest absolute Gasteiger partial charge is 0.490 e. The van der Waals surface area contributed by atoms with Crippen molar-refractivity contribution in [1.29, 1.82) is 0 Å². The molecule has 0 amide bonds. The van der Waals surface area contributed by atoms with Gasteiger partial charge in [-0.1, -0.05) is 19.9 Å². The number of carbonyl (C=O) groups excluding carboxylic acids is 1. The van der Waals surface area contributed by atoms with Crippen LogP contribution in [-0.2, 0) is 4.74 Å². The summed E-state index contributed by atoms with van der Waals surface area (Å²) in [5.74, 6) is 0.378. The highest BCUT2D eigenvalue weighted by Gasteiger charge is 2.16. The van der Waals surface area contributed by atoms with Crippen molar-refractivity contribution in [3.63, 3.8) is 0 Å². The van der Waals surface area contributed by atoms with Crippen LogP contribution in [0.15, 0.2) is 18.2 Å². The fourth-order valence-electron chi connectivity index (χ4n) is 1.34. The molecule has 0 radical (unpaired) electrons. The fraction of sp³-hybridized carbons (Fsp3) is 0.462. The van der Waals surface area contributed by atoms with Gasteiger partial charge >= 0.3 is 5.97 Å². The van der Waals surface area contributed by atoms with Crippen LogP contribution in [0.5, 0.6) is 5.75 Å². The molecule has 4 heteroatoms. The molecule has 0 aliphatic rings. The van der Waals surface area contributed by atoms with Crippen molar-refractivity contribution in [2.24, 2.45) is 5.92 Å². The van der Waals surface area contributed by atoms with Gasteiger partial charge in [0.2, 0.25) is 0 Å². The van der Waals surface area contributed by atoms with Crippen LogP contribution in [0.4, 0.5) is 5.69 Å². The van der Waals surface area contributed by atoms with E-state index in [1.165, 1.54) is 0 Å². The standard InChI is InChI=1S/C13H19NO3/c1-4-16-13(15)10-6-5-7-11(14)12(10)17-8-9(2)3/h5-7,9H,4,8,14H2,1-3H3. The van der Waals surface area contributed by atoms with Gasteiger partial charge in [-0.05, 0) is 25.0 Å². The Morgan fingerprint density at radius 2 is 2.12 bits per heavy atom. The molecule has 0 atom stereocenters. The van der Waals surface area contributed by atoms with Gasteiger partial charge in [0.05, 0.1) is 18.9 Å². The number of nitrogen functional groups attached to an aromatic ring is 1. The number of carbonyl (C=O) groups is 1. The molecule has 4 nitrogen and oxygen atoms in total. The predicted octanol–water partition coefficient (Wildman–Crippen LogP) is 2.48. The second-order valence-electron chi connectivity index (χ2n) is 4.15. The fourth-order valence-corrected chi connectivity index (χ4v) is 1.34. The SMILES string of the molecule is CCOC(=O)c1cccc(N)c1OCC(C)C. The lowest BCUT2D eigenvalue weighted by Crippen LogP contribution is -2.12. The summed E-state index contributed by atoms with van der Waals surface area (Å²) in [5, 5.41) is 0. The Morgan fingerprint density at radius 1 is 1.41 bits per heavy atom. The van der Waals surface area contributed by atoms with Crippen molar-refractivity contribution in [2.45, 2.75) is 20.8 Å². The molecule has 0 heterocycles. The van der Waals surface area contributed by atoms with Gasteiger partial charge in [0.25, 0.3) is 0 Å². The van der Waals surface area contributed by atoms with E-state index in [2.05, 4.69) is 0 Å². The third-order valence-corrected chi connectivity index (χ3v) is 2.10. The van der Waals surface area contributed by atoms with E-state index in [4.69, 9.17) is 15.2 Å². The summed E-state index contributed by atoms with van der Waals surface area (Å²) in [6.45, 7) is 6.67. The van der Waals surface area contributed by atoms with Crippen molar-refractivity contribution in [2.75, 3.05) is 18.9 Å². The van der Waals surface area contributed by atoms with Crippen LogP contribution in [-0.4, -0.2) is 19.2 Å². The number of rotatable bonds is 5. The van der Waals surface area contributed by atoms with Crippen LogP contribution in [0, 0.1) is 5.92 Å². The molecule has 0 aliphatic carbocycles. The predicted molar refractivity (Wildman–Crippen MR) is 67.1 cm³/mol.